The summed E-state index contributed by atoms with van der Waals surface area (Å²) in [6, 6.07) is 4.82. The number of hydrogen-bond donors (Lipinski definition) is 1. The number of carbonyl (C=O) groups is 2. The van der Waals surface area contributed by atoms with E-state index >= 15 is 0 Å². The summed E-state index contributed by atoms with van der Waals surface area (Å²) in [5.74, 6) is -1.60. The van der Waals surface area contributed by atoms with Crippen LogP contribution in [0.4, 0.5) is 5.69 Å². The molecular formula is C10H10BrClN2O3. The van der Waals surface area contributed by atoms with E-state index in [2.05, 4.69) is 26.1 Å². The first-order valence-corrected chi connectivity index (χ1v) is 5.71. The van der Waals surface area contributed by atoms with Gasteiger partial charge in [-0.3, -0.25) is 14.4 Å². The average Bonchev–Trinajstić information content (AvgIpc) is 2.31. The lowest BCUT2D eigenvalue weighted by Crippen LogP contribution is -2.36. The molecule has 0 fully saturated rings. The van der Waals surface area contributed by atoms with Crippen molar-refractivity contribution in [2.24, 2.45) is 0 Å². The monoisotopic (exact) mass is 320 g/mol. The number of nitrogens with zero attached hydrogens (tertiary/aromatic N) is 1. The second-order valence-electron chi connectivity index (χ2n) is 3.07. The van der Waals surface area contributed by atoms with Crippen molar-refractivity contribution in [2.75, 3.05) is 19.5 Å². The fourth-order valence-electron chi connectivity index (χ4n) is 0.984. The number of carbonyl (C=O) groups excluding carboxylic acids is 2. The second-order valence-corrected chi connectivity index (χ2v) is 4.33. The van der Waals surface area contributed by atoms with Crippen LogP contribution in [0.1, 0.15) is 0 Å². The van der Waals surface area contributed by atoms with Crippen molar-refractivity contribution in [1.29, 1.82) is 0 Å². The smallest absolute Gasteiger partial charge is 0.318 e. The van der Waals surface area contributed by atoms with Gasteiger partial charge in [0, 0.05) is 17.2 Å². The van der Waals surface area contributed by atoms with E-state index in [9.17, 15) is 9.59 Å². The molecular weight excluding hydrogens is 311 g/mol. The number of hydrogen-bond acceptors (Lipinski definition) is 3. The van der Waals surface area contributed by atoms with Gasteiger partial charge in [0.15, 0.2) is 0 Å². The summed E-state index contributed by atoms with van der Waals surface area (Å²) in [7, 11) is 2.64. The molecule has 0 saturated carbocycles. The van der Waals surface area contributed by atoms with Crippen molar-refractivity contribution in [3.63, 3.8) is 0 Å². The van der Waals surface area contributed by atoms with Crippen LogP contribution in [-0.2, 0) is 14.4 Å². The molecule has 1 aromatic rings. The Kier molecular flexibility index (Phi) is 4.92. The Morgan fingerprint density at radius 1 is 1.47 bits per heavy atom. The molecule has 1 N–H and O–H groups in total. The Morgan fingerprint density at radius 3 is 2.65 bits per heavy atom. The molecule has 5 nitrogen and oxygen atoms in total. The average molecular weight is 322 g/mol. The fraction of sp³-hybridized carbons (Fsp3) is 0.200. The summed E-state index contributed by atoms with van der Waals surface area (Å²) in [6.45, 7) is 0. The molecule has 0 heterocycles. The lowest BCUT2D eigenvalue weighted by Gasteiger charge is -2.13. The van der Waals surface area contributed by atoms with Gasteiger partial charge in [-0.2, -0.15) is 0 Å². The summed E-state index contributed by atoms with van der Waals surface area (Å²) >= 11 is 9.07. The third-order valence-electron chi connectivity index (χ3n) is 1.93. The summed E-state index contributed by atoms with van der Waals surface area (Å²) in [5, 5.41) is 3.68. The van der Waals surface area contributed by atoms with E-state index in [1.54, 1.807) is 12.1 Å². The molecule has 1 rings (SSSR count). The van der Waals surface area contributed by atoms with Gasteiger partial charge in [-0.15, -0.1) is 0 Å². The first kappa shape index (κ1) is 14.0. The highest BCUT2D eigenvalue weighted by Crippen LogP contribution is 2.25. The van der Waals surface area contributed by atoms with Crippen LogP contribution in [-0.4, -0.2) is 31.0 Å². The molecule has 2 amide bonds. The van der Waals surface area contributed by atoms with E-state index < -0.39 is 11.8 Å². The number of benzene rings is 1. The van der Waals surface area contributed by atoms with Gasteiger partial charge in [-0.25, -0.2) is 5.06 Å². The second kappa shape index (κ2) is 6.00. The van der Waals surface area contributed by atoms with E-state index in [0.717, 1.165) is 5.06 Å². The highest BCUT2D eigenvalue weighted by atomic mass is 79.9. The zero-order chi connectivity index (χ0) is 13.0. The van der Waals surface area contributed by atoms with Crippen molar-refractivity contribution < 1.29 is 14.4 Å². The molecule has 0 aromatic heterocycles. The Balaban J connectivity index is 2.74. The standard InChI is InChI=1S/C10H10BrClN2O3/c1-14(17-2)10(16)9(15)13-6-3-4-7(11)8(12)5-6/h3-5H,1-2H3,(H,13,15). The lowest BCUT2D eigenvalue weighted by molar-refractivity contribution is -0.171. The van der Waals surface area contributed by atoms with E-state index in [1.165, 1.54) is 20.2 Å². The molecule has 1 aromatic carbocycles. The highest BCUT2D eigenvalue weighted by molar-refractivity contribution is 9.10. The minimum atomic E-state index is -0.799. The summed E-state index contributed by atoms with van der Waals surface area (Å²) < 4.78 is 0.706. The predicted molar refractivity (Wildman–Crippen MR) is 67.6 cm³/mol. The van der Waals surface area contributed by atoms with Crippen LogP contribution in [0.2, 0.25) is 5.02 Å². The van der Waals surface area contributed by atoms with Gasteiger partial charge < -0.3 is 5.32 Å². The highest BCUT2D eigenvalue weighted by Gasteiger charge is 2.18. The molecule has 0 aliphatic heterocycles. The van der Waals surface area contributed by atoms with Crippen molar-refractivity contribution >= 4 is 45.0 Å². The van der Waals surface area contributed by atoms with Gasteiger partial charge in [0.05, 0.1) is 12.1 Å². The third-order valence-corrected chi connectivity index (χ3v) is 3.16. The summed E-state index contributed by atoms with van der Waals surface area (Å²) in [5.41, 5.74) is 0.432. The van der Waals surface area contributed by atoms with Crippen LogP contribution in [0.3, 0.4) is 0 Å². The van der Waals surface area contributed by atoms with Crippen LogP contribution in [0.25, 0.3) is 0 Å². The number of likely N-dealkylation sites (N-methyl/N-ethyl adjacent to an activating group) is 1. The Labute approximate surface area is 112 Å². The Morgan fingerprint density at radius 2 is 2.12 bits per heavy atom. The molecule has 0 atom stereocenters. The van der Waals surface area contributed by atoms with Gasteiger partial charge in [-0.1, -0.05) is 11.6 Å². The Hall–Kier alpha value is -1.11. The van der Waals surface area contributed by atoms with Gasteiger partial charge in [-0.05, 0) is 34.1 Å². The minimum absolute atomic E-state index is 0.432. The molecule has 17 heavy (non-hydrogen) atoms. The van der Waals surface area contributed by atoms with Crippen LogP contribution in [0.15, 0.2) is 22.7 Å². The van der Waals surface area contributed by atoms with Crippen molar-refractivity contribution in [2.45, 2.75) is 0 Å². The van der Waals surface area contributed by atoms with E-state index in [-0.39, 0.29) is 0 Å². The number of amides is 2. The zero-order valence-corrected chi connectivity index (χ0v) is 11.5. The largest absolute Gasteiger partial charge is 0.335 e. The van der Waals surface area contributed by atoms with Crippen LogP contribution in [0, 0.1) is 0 Å². The van der Waals surface area contributed by atoms with Gasteiger partial charge in [0.1, 0.15) is 0 Å². The molecule has 0 aliphatic rings. The maximum absolute atomic E-state index is 11.5. The lowest BCUT2D eigenvalue weighted by atomic mass is 10.3. The number of anilines is 1. The molecule has 0 spiro atoms. The van der Waals surface area contributed by atoms with Crippen LogP contribution in [0.5, 0.6) is 0 Å². The van der Waals surface area contributed by atoms with E-state index in [0.29, 0.717) is 15.2 Å². The first-order chi connectivity index (χ1) is 7.95. The maximum atomic E-state index is 11.5. The van der Waals surface area contributed by atoms with E-state index in [4.69, 9.17) is 11.6 Å². The van der Waals surface area contributed by atoms with Crippen molar-refractivity contribution in [1.82, 2.24) is 5.06 Å². The Bertz CT molecular complexity index is 453. The molecule has 0 aliphatic carbocycles. The molecule has 92 valence electrons. The predicted octanol–water partition coefficient (Wildman–Crippen LogP) is 2.06. The van der Waals surface area contributed by atoms with Crippen molar-refractivity contribution in [3.8, 4) is 0 Å². The summed E-state index contributed by atoms with van der Waals surface area (Å²) in [4.78, 5) is 27.5. The van der Waals surface area contributed by atoms with Crippen molar-refractivity contribution in [3.05, 3.63) is 27.7 Å². The third kappa shape index (κ3) is 3.69. The van der Waals surface area contributed by atoms with E-state index in [1.807, 2.05) is 0 Å². The molecule has 0 bridgehead atoms. The minimum Gasteiger partial charge on any atom is -0.318 e. The molecule has 0 saturated heterocycles. The SMILES string of the molecule is CON(C)C(=O)C(=O)Nc1ccc(Br)c(Cl)c1. The molecule has 0 radical (unpaired) electrons. The maximum Gasteiger partial charge on any atom is 0.335 e. The van der Waals surface area contributed by atoms with Crippen LogP contribution < -0.4 is 5.32 Å². The number of halogens is 2. The fourth-order valence-corrected chi connectivity index (χ4v) is 1.41. The molecule has 0 unspecified atom stereocenters. The zero-order valence-electron chi connectivity index (χ0n) is 9.16. The number of rotatable bonds is 2. The summed E-state index contributed by atoms with van der Waals surface area (Å²) in [6.07, 6.45) is 0. The van der Waals surface area contributed by atoms with Gasteiger partial charge in [0.25, 0.3) is 0 Å². The van der Waals surface area contributed by atoms with Gasteiger partial charge >= 0.3 is 11.8 Å². The number of hydroxylamine groups is 2. The quantitative estimate of drug-likeness (QED) is 0.670. The molecule has 7 heteroatoms. The normalized spacial score (nSPS) is 9.88. The first-order valence-electron chi connectivity index (χ1n) is 4.54. The van der Waals surface area contributed by atoms with Crippen LogP contribution >= 0.6 is 27.5 Å². The van der Waals surface area contributed by atoms with Gasteiger partial charge in [0.2, 0.25) is 0 Å². The number of nitrogens with one attached hydrogen (secondary N) is 1. The topological polar surface area (TPSA) is 58.6 Å².